The number of ether oxygens (including phenoxy) is 1. The van der Waals surface area contributed by atoms with Crippen molar-refractivity contribution in [2.45, 2.75) is 0 Å². The molecule has 0 atom stereocenters. The molecule has 0 radical (unpaired) electrons. The van der Waals surface area contributed by atoms with E-state index >= 15 is 0 Å². The van der Waals surface area contributed by atoms with Crippen molar-refractivity contribution in [3.8, 4) is 5.75 Å². The lowest BCUT2D eigenvalue weighted by atomic mass is 10.0. The fourth-order valence-corrected chi connectivity index (χ4v) is 3.68. The van der Waals surface area contributed by atoms with Crippen LogP contribution >= 0.6 is 0 Å². The Morgan fingerprint density at radius 2 is 1.60 bits per heavy atom. The molecular formula is C25H25N3O2. The first-order valence-electron chi connectivity index (χ1n) is 10.1. The summed E-state index contributed by atoms with van der Waals surface area (Å²) in [4.78, 5) is 22.1. The second kappa shape index (κ2) is 9.27. The standard InChI is InChI=1S/C25H25N3O2/c1-30-23-12-6-5-11-21(23)19-22(20-9-3-2-4-10-20)25(29)28-17-15-27(16-18-28)24-13-7-8-14-26-24/h2-14,19H,15-18H2,1H3/b22-19+. The summed E-state index contributed by atoms with van der Waals surface area (Å²) in [6.07, 6.45) is 3.73. The quantitative estimate of drug-likeness (QED) is 0.481. The molecule has 0 bridgehead atoms. The normalized spacial score (nSPS) is 14.5. The van der Waals surface area contributed by atoms with Crippen molar-refractivity contribution in [3.05, 3.63) is 90.1 Å². The Kier molecular flexibility index (Phi) is 6.09. The maximum absolute atomic E-state index is 13.5. The van der Waals surface area contributed by atoms with Crippen LogP contribution in [-0.2, 0) is 4.79 Å². The lowest BCUT2D eigenvalue weighted by molar-refractivity contribution is -0.125. The summed E-state index contributed by atoms with van der Waals surface area (Å²) in [5, 5.41) is 0. The molecule has 5 nitrogen and oxygen atoms in total. The van der Waals surface area contributed by atoms with Crippen LogP contribution in [0.2, 0.25) is 0 Å². The molecule has 0 N–H and O–H groups in total. The number of carbonyl (C=O) groups is 1. The van der Waals surface area contributed by atoms with Crippen LogP contribution < -0.4 is 9.64 Å². The number of amides is 1. The van der Waals surface area contributed by atoms with E-state index in [1.807, 2.05) is 83.8 Å². The third-order valence-corrected chi connectivity index (χ3v) is 5.29. The number of para-hydroxylation sites is 1. The van der Waals surface area contributed by atoms with Gasteiger partial charge >= 0.3 is 0 Å². The highest BCUT2D eigenvalue weighted by Crippen LogP contribution is 2.26. The number of anilines is 1. The summed E-state index contributed by atoms with van der Waals surface area (Å²) in [6.45, 7) is 2.84. The van der Waals surface area contributed by atoms with Crippen molar-refractivity contribution in [1.29, 1.82) is 0 Å². The molecular weight excluding hydrogens is 374 g/mol. The smallest absolute Gasteiger partial charge is 0.254 e. The third-order valence-electron chi connectivity index (χ3n) is 5.29. The SMILES string of the molecule is COc1ccccc1/C=C(/C(=O)N1CCN(c2ccccn2)CC1)c1ccccc1. The number of benzene rings is 2. The number of hydrogen-bond acceptors (Lipinski definition) is 4. The summed E-state index contributed by atoms with van der Waals surface area (Å²) in [6, 6.07) is 23.5. The van der Waals surface area contributed by atoms with E-state index < -0.39 is 0 Å². The number of nitrogens with zero attached hydrogens (tertiary/aromatic N) is 3. The summed E-state index contributed by atoms with van der Waals surface area (Å²) >= 11 is 0. The van der Waals surface area contributed by atoms with E-state index in [0.717, 1.165) is 35.8 Å². The van der Waals surface area contributed by atoms with E-state index in [0.29, 0.717) is 18.7 Å². The second-order valence-electron chi connectivity index (χ2n) is 7.13. The average Bonchev–Trinajstić information content (AvgIpc) is 2.83. The number of carbonyl (C=O) groups excluding carboxylic acids is 1. The van der Waals surface area contributed by atoms with Crippen molar-refractivity contribution >= 4 is 23.4 Å². The molecule has 1 amide bonds. The average molecular weight is 399 g/mol. The topological polar surface area (TPSA) is 45.7 Å². The van der Waals surface area contributed by atoms with Gasteiger partial charge in [0.25, 0.3) is 5.91 Å². The monoisotopic (exact) mass is 399 g/mol. The maximum Gasteiger partial charge on any atom is 0.254 e. The number of hydrogen-bond donors (Lipinski definition) is 0. The van der Waals surface area contributed by atoms with Crippen LogP contribution in [0, 0.1) is 0 Å². The maximum atomic E-state index is 13.5. The molecule has 2 aromatic carbocycles. The van der Waals surface area contributed by atoms with E-state index in [1.165, 1.54) is 0 Å². The molecule has 5 heteroatoms. The first-order valence-corrected chi connectivity index (χ1v) is 10.1. The molecule has 1 fully saturated rings. The van der Waals surface area contributed by atoms with Crippen LogP contribution in [0.25, 0.3) is 11.6 Å². The van der Waals surface area contributed by atoms with Crippen molar-refractivity contribution in [1.82, 2.24) is 9.88 Å². The molecule has 4 rings (SSSR count). The van der Waals surface area contributed by atoms with Crippen LogP contribution in [-0.4, -0.2) is 49.1 Å². The zero-order valence-corrected chi connectivity index (χ0v) is 17.1. The van der Waals surface area contributed by atoms with Crippen LogP contribution in [0.4, 0.5) is 5.82 Å². The largest absolute Gasteiger partial charge is 0.496 e. The van der Waals surface area contributed by atoms with Gasteiger partial charge in [0.15, 0.2) is 0 Å². The molecule has 2 heterocycles. The minimum atomic E-state index is 0.0350. The van der Waals surface area contributed by atoms with Gasteiger partial charge in [-0.25, -0.2) is 4.98 Å². The van der Waals surface area contributed by atoms with Gasteiger partial charge in [-0.2, -0.15) is 0 Å². The fourth-order valence-electron chi connectivity index (χ4n) is 3.68. The van der Waals surface area contributed by atoms with Gasteiger partial charge in [0, 0.05) is 43.5 Å². The lowest BCUT2D eigenvalue weighted by Crippen LogP contribution is -2.49. The van der Waals surface area contributed by atoms with Gasteiger partial charge in [-0.3, -0.25) is 4.79 Å². The summed E-state index contributed by atoms with van der Waals surface area (Å²) in [5.74, 6) is 1.74. The zero-order valence-electron chi connectivity index (χ0n) is 17.1. The summed E-state index contributed by atoms with van der Waals surface area (Å²) in [7, 11) is 1.65. The van der Waals surface area contributed by atoms with Crippen molar-refractivity contribution in [2.24, 2.45) is 0 Å². The van der Waals surface area contributed by atoms with Gasteiger partial charge < -0.3 is 14.5 Å². The van der Waals surface area contributed by atoms with Gasteiger partial charge in [0.2, 0.25) is 0 Å². The second-order valence-corrected chi connectivity index (χ2v) is 7.13. The van der Waals surface area contributed by atoms with Crippen molar-refractivity contribution in [2.75, 3.05) is 38.2 Å². The highest BCUT2D eigenvalue weighted by atomic mass is 16.5. The van der Waals surface area contributed by atoms with Crippen LogP contribution in [0.15, 0.2) is 79.0 Å². The van der Waals surface area contributed by atoms with E-state index in [1.54, 1.807) is 13.3 Å². The molecule has 0 saturated carbocycles. The molecule has 30 heavy (non-hydrogen) atoms. The highest BCUT2D eigenvalue weighted by molar-refractivity contribution is 6.24. The Bertz CT molecular complexity index is 1010. The predicted octanol–water partition coefficient (Wildman–Crippen LogP) is 3.98. The molecule has 0 unspecified atom stereocenters. The third kappa shape index (κ3) is 4.35. The minimum Gasteiger partial charge on any atom is -0.496 e. The molecule has 1 saturated heterocycles. The summed E-state index contributed by atoms with van der Waals surface area (Å²) in [5.41, 5.74) is 2.46. The number of piperazine rings is 1. The Labute approximate surface area is 177 Å². The predicted molar refractivity (Wildman–Crippen MR) is 120 cm³/mol. The zero-order chi connectivity index (χ0) is 20.8. The fraction of sp³-hybridized carbons (Fsp3) is 0.200. The molecule has 0 spiro atoms. The van der Waals surface area contributed by atoms with Crippen LogP contribution in [0.5, 0.6) is 5.75 Å². The Morgan fingerprint density at radius 3 is 2.30 bits per heavy atom. The van der Waals surface area contributed by atoms with E-state index in [4.69, 9.17) is 4.74 Å². The van der Waals surface area contributed by atoms with Crippen LogP contribution in [0.1, 0.15) is 11.1 Å². The first kappa shape index (κ1) is 19.7. The molecule has 0 aliphatic carbocycles. The lowest BCUT2D eigenvalue weighted by Gasteiger charge is -2.35. The number of methoxy groups -OCH3 is 1. The van der Waals surface area contributed by atoms with Gasteiger partial charge in [-0.05, 0) is 29.8 Å². The number of rotatable bonds is 5. The highest BCUT2D eigenvalue weighted by Gasteiger charge is 2.25. The van der Waals surface area contributed by atoms with E-state index in [-0.39, 0.29) is 5.91 Å². The van der Waals surface area contributed by atoms with E-state index in [9.17, 15) is 4.79 Å². The van der Waals surface area contributed by atoms with Crippen LogP contribution in [0.3, 0.4) is 0 Å². The number of pyridine rings is 1. The molecule has 1 aliphatic heterocycles. The Balaban J connectivity index is 1.59. The van der Waals surface area contributed by atoms with Gasteiger partial charge in [-0.1, -0.05) is 54.6 Å². The first-order chi connectivity index (χ1) is 14.8. The Hall–Kier alpha value is -3.60. The van der Waals surface area contributed by atoms with Crippen molar-refractivity contribution < 1.29 is 9.53 Å². The molecule has 1 aromatic heterocycles. The van der Waals surface area contributed by atoms with Gasteiger partial charge in [0.1, 0.15) is 11.6 Å². The molecule has 152 valence electrons. The van der Waals surface area contributed by atoms with Gasteiger partial charge in [-0.15, -0.1) is 0 Å². The minimum absolute atomic E-state index is 0.0350. The van der Waals surface area contributed by atoms with Gasteiger partial charge in [0.05, 0.1) is 7.11 Å². The molecule has 3 aromatic rings. The van der Waals surface area contributed by atoms with E-state index in [2.05, 4.69) is 9.88 Å². The Morgan fingerprint density at radius 1 is 0.900 bits per heavy atom. The number of aromatic nitrogens is 1. The van der Waals surface area contributed by atoms with Crippen molar-refractivity contribution in [3.63, 3.8) is 0 Å². The summed E-state index contributed by atoms with van der Waals surface area (Å²) < 4.78 is 5.49. The molecule has 1 aliphatic rings.